The molecule has 1 saturated heterocycles. The topological polar surface area (TPSA) is 81.8 Å². The Labute approximate surface area is 192 Å². The Morgan fingerprint density at radius 3 is 2.55 bits per heavy atom. The molecule has 2 aromatic heterocycles. The molecule has 1 fully saturated rings. The molecule has 7 heteroatoms. The lowest BCUT2D eigenvalue weighted by Crippen LogP contribution is -2.41. The van der Waals surface area contributed by atoms with Crippen molar-refractivity contribution in [3.8, 4) is 5.69 Å². The van der Waals surface area contributed by atoms with Gasteiger partial charge in [-0.1, -0.05) is 6.07 Å². The first kappa shape index (κ1) is 22.6. The van der Waals surface area contributed by atoms with Crippen molar-refractivity contribution >= 4 is 17.7 Å². The highest BCUT2D eigenvalue weighted by atomic mass is 16.5. The van der Waals surface area contributed by atoms with Crippen molar-refractivity contribution in [3.63, 3.8) is 0 Å². The molecule has 0 bridgehead atoms. The van der Waals surface area contributed by atoms with Gasteiger partial charge in [-0.05, 0) is 82.0 Å². The third kappa shape index (κ3) is 4.35. The van der Waals surface area contributed by atoms with Gasteiger partial charge in [0.1, 0.15) is 6.04 Å². The molecule has 0 saturated carbocycles. The molecule has 1 aromatic carbocycles. The third-order valence-corrected chi connectivity index (χ3v) is 6.34. The summed E-state index contributed by atoms with van der Waals surface area (Å²) in [6, 6.07) is 10.5. The van der Waals surface area contributed by atoms with E-state index in [1.54, 1.807) is 12.1 Å². The SMILES string of the molecule is Cc1ccc(-n2c(C)cc(C(=O)COC(=O)C3CCCN3C(=O)c3ccco3)c2C)cc1C. The minimum atomic E-state index is -0.710. The van der Waals surface area contributed by atoms with Gasteiger partial charge in [-0.15, -0.1) is 0 Å². The smallest absolute Gasteiger partial charge is 0.329 e. The van der Waals surface area contributed by atoms with Gasteiger partial charge in [0.25, 0.3) is 5.91 Å². The summed E-state index contributed by atoms with van der Waals surface area (Å²) < 4.78 is 12.6. The maximum absolute atomic E-state index is 12.9. The highest BCUT2D eigenvalue weighted by Crippen LogP contribution is 2.24. The molecular weight excluding hydrogens is 420 g/mol. The van der Waals surface area contributed by atoms with E-state index in [0.29, 0.717) is 24.9 Å². The lowest BCUT2D eigenvalue weighted by Gasteiger charge is -2.22. The molecule has 172 valence electrons. The first-order valence-electron chi connectivity index (χ1n) is 11.1. The van der Waals surface area contributed by atoms with Crippen LogP contribution in [0.4, 0.5) is 0 Å². The number of ketones is 1. The van der Waals surface area contributed by atoms with E-state index in [4.69, 9.17) is 9.15 Å². The van der Waals surface area contributed by atoms with Gasteiger partial charge in [0.15, 0.2) is 12.4 Å². The zero-order valence-electron chi connectivity index (χ0n) is 19.4. The Bertz CT molecular complexity index is 1210. The van der Waals surface area contributed by atoms with Crippen LogP contribution in [0.15, 0.2) is 47.1 Å². The maximum Gasteiger partial charge on any atom is 0.329 e. The van der Waals surface area contributed by atoms with Crippen molar-refractivity contribution in [2.24, 2.45) is 0 Å². The number of aryl methyl sites for hydroxylation is 3. The summed E-state index contributed by atoms with van der Waals surface area (Å²) in [5, 5.41) is 0. The lowest BCUT2D eigenvalue weighted by molar-refractivity contribution is -0.147. The first-order chi connectivity index (χ1) is 15.8. The number of rotatable bonds is 6. The number of furan rings is 1. The van der Waals surface area contributed by atoms with Crippen LogP contribution in [0, 0.1) is 27.7 Å². The summed E-state index contributed by atoms with van der Waals surface area (Å²) in [7, 11) is 0. The molecule has 0 aliphatic carbocycles. The summed E-state index contributed by atoms with van der Waals surface area (Å²) in [5.41, 5.74) is 5.61. The van der Waals surface area contributed by atoms with Crippen molar-refractivity contribution in [2.45, 2.75) is 46.6 Å². The summed E-state index contributed by atoms with van der Waals surface area (Å²) >= 11 is 0. The van der Waals surface area contributed by atoms with E-state index >= 15 is 0 Å². The minimum absolute atomic E-state index is 0.185. The highest BCUT2D eigenvalue weighted by Gasteiger charge is 2.37. The van der Waals surface area contributed by atoms with E-state index in [-0.39, 0.29) is 24.1 Å². The second-order valence-corrected chi connectivity index (χ2v) is 8.55. The van der Waals surface area contributed by atoms with Gasteiger partial charge in [0.05, 0.1) is 6.26 Å². The summed E-state index contributed by atoms with van der Waals surface area (Å²) in [4.78, 5) is 39.7. The second kappa shape index (κ2) is 9.10. The van der Waals surface area contributed by atoms with E-state index in [9.17, 15) is 14.4 Å². The summed E-state index contributed by atoms with van der Waals surface area (Å²) in [6.45, 7) is 8.03. The fourth-order valence-electron chi connectivity index (χ4n) is 4.41. The number of ether oxygens (including phenoxy) is 1. The molecular formula is C26H28N2O5. The number of likely N-dealkylation sites (tertiary alicyclic amines) is 1. The molecule has 0 N–H and O–H groups in total. The normalized spacial score (nSPS) is 15.6. The van der Waals surface area contributed by atoms with E-state index in [2.05, 4.69) is 26.0 Å². The quantitative estimate of drug-likeness (QED) is 0.414. The average molecular weight is 449 g/mol. The molecule has 3 heterocycles. The standard InChI is InChI=1S/C26H28N2O5/c1-16-9-10-20(13-17(16)2)28-18(3)14-21(19(28)4)23(29)15-33-26(31)22-7-5-11-27(22)25(30)24-8-6-12-32-24/h6,8-10,12-14,22H,5,7,11,15H2,1-4H3. The Hall–Kier alpha value is -3.61. The van der Waals surface area contributed by atoms with Gasteiger partial charge in [-0.25, -0.2) is 4.79 Å². The molecule has 33 heavy (non-hydrogen) atoms. The number of nitrogens with zero attached hydrogens (tertiary/aromatic N) is 2. The predicted octanol–water partition coefficient (Wildman–Crippen LogP) is 4.33. The van der Waals surface area contributed by atoms with Crippen LogP contribution in [0.2, 0.25) is 0 Å². The fraction of sp³-hybridized carbons (Fsp3) is 0.346. The van der Waals surface area contributed by atoms with Crippen LogP contribution in [-0.2, 0) is 9.53 Å². The number of hydrogen-bond donors (Lipinski definition) is 0. The van der Waals surface area contributed by atoms with Gasteiger partial charge in [-0.2, -0.15) is 0 Å². The van der Waals surface area contributed by atoms with Crippen molar-refractivity contribution in [3.05, 3.63) is 76.5 Å². The number of carbonyl (C=O) groups is 3. The third-order valence-electron chi connectivity index (χ3n) is 6.34. The molecule has 0 radical (unpaired) electrons. The van der Waals surface area contributed by atoms with Crippen molar-refractivity contribution in [1.29, 1.82) is 0 Å². The molecule has 1 aliphatic heterocycles. The van der Waals surface area contributed by atoms with Gasteiger partial charge < -0.3 is 18.6 Å². The number of carbonyl (C=O) groups excluding carboxylic acids is 3. The van der Waals surface area contributed by atoms with Crippen LogP contribution in [0.3, 0.4) is 0 Å². The van der Waals surface area contributed by atoms with Crippen LogP contribution < -0.4 is 0 Å². The number of hydrogen-bond acceptors (Lipinski definition) is 5. The lowest BCUT2D eigenvalue weighted by atomic mass is 10.1. The van der Waals surface area contributed by atoms with Crippen molar-refractivity contribution in [1.82, 2.24) is 9.47 Å². The predicted molar refractivity (Wildman–Crippen MR) is 123 cm³/mol. The van der Waals surface area contributed by atoms with Gasteiger partial charge in [-0.3, -0.25) is 9.59 Å². The molecule has 1 aliphatic rings. The maximum atomic E-state index is 12.9. The van der Waals surface area contributed by atoms with Crippen molar-refractivity contribution in [2.75, 3.05) is 13.2 Å². The molecule has 3 aromatic rings. The zero-order valence-corrected chi connectivity index (χ0v) is 19.4. The fourth-order valence-corrected chi connectivity index (χ4v) is 4.41. The largest absolute Gasteiger partial charge is 0.459 e. The number of esters is 1. The Balaban J connectivity index is 1.45. The van der Waals surface area contributed by atoms with Gasteiger partial charge in [0.2, 0.25) is 5.78 Å². The minimum Gasteiger partial charge on any atom is -0.459 e. The number of benzene rings is 1. The molecule has 1 atom stereocenters. The van der Waals surface area contributed by atoms with E-state index in [1.807, 2.05) is 30.5 Å². The van der Waals surface area contributed by atoms with E-state index < -0.39 is 12.0 Å². The Morgan fingerprint density at radius 2 is 1.85 bits per heavy atom. The molecule has 7 nitrogen and oxygen atoms in total. The Morgan fingerprint density at radius 1 is 1.06 bits per heavy atom. The Kier molecular flexibility index (Phi) is 6.22. The van der Waals surface area contributed by atoms with Crippen LogP contribution in [0.25, 0.3) is 5.69 Å². The van der Waals surface area contributed by atoms with E-state index in [0.717, 1.165) is 17.1 Å². The molecule has 1 amide bonds. The van der Waals surface area contributed by atoms with Crippen molar-refractivity contribution < 1.29 is 23.5 Å². The van der Waals surface area contributed by atoms with Crippen LogP contribution in [0.1, 0.15) is 56.3 Å². The highest BCUT2D eigenvalue weighted by molar-refractivity contribution is 6.00. The van der Waals surface area contributed by atoms with Crippen LogP contribution in [-0.4, -0.2) is 46.3 Å². The van der Waals surface area contributed by atoms with E-state index in [1.165, 1.54) is 22.3 Å². The number of amides is 1. The summed E-state index contributed by atoms with van der Waals surface area (Å²) in [5.74, 6) is -0.996. The van der Waals surface area contributed by atoms with Crippen LogP contribution in [0.5, 0.6) is 0 Å². The van der Waals surface area contributed by atoms with Crippen LogP contribution >= 0.6 is 0 Å². The molecule has 0 spiro atoms. The average Bonchev–Trinajstić information content (AvgIpc) is 3.54. The number of aromatic nitrogens is 1. The monoisotopic (exact) mass is 448 g/mol. The summed E-state index contributed by atoms with van der Waals surface area (Å²) in [6.07, 6.45) is 2.61. The zero-order chi connectivity index (χ0) is 23.7. The molecule has 1 unspecified atom stereocenters. The second-order valence-electron chi connectivity index (χ2n) is 8.55. The van der Waals surface area contributed by atoms with Gasteiger partial charge in [0, 0.05) is 29.2 Å². The van der Waals surface area contributed by atoms with Gasteiger partial charge >= 0.3 is 5.97 Å². The number of Topliss-reactive ketones (excluding diaryl/α,β-unsaturated/α-hetero) is 1. The molecule has 4 rings (SSSR count). The first-order valence-corrected chi connectivity index (χ1v) is 11.1.